The minimum atomic E-state index is -0.265. The van der Waals surface area contributed by atoms with Crippen molar-refractivity contribution in [2.75, 3.05) is 7.11 Å². The number of hydrogen-bond donors (Lipinski definition) is 0. The van der Waals surface area contributed by atoms with Crippen LogP contribution in [0.1, 0.15) is 109 Å². The van der Waals surface area contributed by atoms with Gasteiger partial charge < -0.3 is 4.74 Å². The van der Waals surface area contributed by atoms with E-state index in [-0.39, 0.29) is 11.4 Å². The molecule has 0 N–H and O–H groups in total. The van der Waals surface area contributed by atoms with Crippen LogP contribution in [0.15, 0.2) is 43.0 Å². The first kappa shape index (κ1) is 26.8. The fourth-order valence-electron chi connectivity index (χ4n) is 10.8. The van der Waals surface area contributed by atoms with Gasteiger partial charge in [0.2, 0.25) is 0 Å². The van der Waals surface area contributed by atoms with E-state index in [9.17, 15) is 4.79 Å². The first-order valence-corrected chi connectivity index (χ1v) is 15.0. The Bertz CT molecular complexity index is 1080. The van der Waals surface area contributed by atoms with E-state index in [1.165, 1.54) is 69.6 Å². The number of allylic oxidation sites excluding steroid dienone is 3. The summed E-state index contributed by atoms with van der Waals surface area (Å²) in [4.78, 5) is 12.0. The van der Waals surface area contributed by atoms with Gasteiger partial charge in [0.05, 0.1) is 12.7 Å². The van der Waals surface area contributed by atoms with Crippen LogP contribution in [0.5, 0.6) is 0 Å². The maximum atomic E-state index is 12.0. The molecule has 37 heavy (non-hydrogen) atoms. The molecule has 4 aliphatic rings. The van der Waals surface area contributed by atoms with Crippen molar-refractivity contribution in [2.24, 2.45) is 51.2 Å². The van der Waals surface area contributed by atoms with Crippen molar-refractivity contribution in [3.63, 3.8) is 0 Å². The molecule has 8 atom stereocenters. The van der Waals surface area contributed by atoms with Gasteiger partial charge in [-0.05, 0) is 119 Å². The van der Waals surface area contributed by atoms with Crippen molar-refractivity contribution in [1.82, 2.24) is 0 Å². The third kappa shape index (κ3) is 3.75. The summed E-state index contributed by atoms with van der Waals surface area (Å²) in [5.74, 6) is 3.45. The van der Waals surface area contributed by atoms with Gasteiger partial charge in [-0.25, -0.2) is 4.79 Å². The fraction of sp³-hybridized carbons (Fsp3) is 0.686. The molecule has 202 valence electrons. The molecule has 4 aliphatic carbocycles. The van der Waals surface area contributed by atoms with Gasteiger partial charge in [0.1, 0.15) is 0 Å². The number of carbonyl (C=O) groups is 1. The zero-order valence-electron chi connectivity index (χ0n) is 24.5. The molecule has 3 saturated carbocycles. The number of benzene rings is 1. The van der Waals surface area contributed by atoms with E-state index in [1.54, 1.807) is 0 Å². The van der Waals surface area contributed by atoms with E-state index in [4.69, 9.17) is 4.74 Å². The molecule has 0 spiro atoms. The fourth-order valence-corrected chi connectivity index (χ4v) is 10.8. The normalized spacial score (nSPS) is 41.3. The van der Waals surface area contributed by atoms with Crippen LogP contribution in [-0.4, -0.2) is 13.1 Å². The second-order valence-corrected chi connectivity index (χ2v) is 14.4. The summed E-state index contributed by atoms with van der Waals surface area (Å²) < 4.78 is 4.92. The number of carbonyl (C=O) groups excluding carboxylic acids is 1. The molecule has 3 fully saturated rings. The van der Waals surface area contributed by atoms with E-state index in [0.717, 1.165) is 17.8 Å². The molecule has 0 saturated heterocycles. The van der Waals surface area contributed by atoms with Crippen molar-refractivity contribution < 1.29 is 9.53 Å². The Kier molecular flexibility index (Phi) is 6.60. The second-order valence-electron chi connectivity index (χ2n) is 14.4. The Hall–Kier alpha value is -1.83. The van der Waals surface area contributed by atoms with Gasteiger partial charge in [0, 0.05) is 0 Å². The number of hydrogen-bond acceptors (Lipinski definition) is 2. The molecular formula is C35H50O2. The van der Waals surface area contributed by atoms with Crippen LogP contribution in [0.2, 0.25) is 0 Å². The van der Waals surface area contributed by atoms with Gasteiger partial charge in [-0.2, -0.15) is 0 Å². The Morgan fingerprint density at radius 2 is 1.68 bits per heavy atom. The molecule has 0 aliphatic heterocycles. The van der Waals surface area contributed by atoms with E-state index in [2.05, 4.69) is 72.4 Å². The molecule has 0 heterocycles. The number of esters is 1. The van der Waals surface area contributed by atoms with Crippen molar-refractivity contribution >= 4 is 11.5 Å². The molecule has 3 unspecified atom stereocenters. The maximum Gasteiger partial charge on any atom is 0.337 e. The lowest BCUT2D eigenvalue weighted by atomic mass is 9.33. The Labute approximate surface area is 226 Å². The maximum absolute atomic E-state index is 12.0. The van der Waals surface area contributed by atoms with Crippen LogP contribution in [0, 0.1) is 51.2 Å². The third-order valence-corrected chi connectivity index (χ3v) is 12.9. The van der Waals surface area contributed by atoms with Gasteiger partial charge in [0.25, 0.3) is 0 Å². The number of methoxy groups -OCH3 is 1. The molecule has 0 amide bonds. The summed E-state index contributed by atoms with van der Waals surface area (Å²) >= 11 is 0. The molecule has 0 bridgehead atoms. The summed E-state index contributed by atoms with van der Waals surface area (Å²) in [7, 11) is 1.45. The standard InChI is InChI=1S/C35H50O2/c1-9-23(2)26-11-10-20-34(6)28(26)16-17-30-33(5)21-18-27(24-12-14-25(15-13-24)31(36)37-8)32(3,4)29(33)19-22-35(30,34)7/h9,12-15,18,23,26,28-30H,1,10-11,16-17,19-22H2,2-8H3/t23-,26?,28+,29?,30?,33-,34+,35+/m0/s1. The van der Waals surface area contributed by atoms with Crippen LogP contribution in [-0.2, 0) is 4.74 Å². The summed E-state index contributed by atoms with van der Waals surface area (Å²) in [6.45, 7) is 19.7. The molecule has 0 aromatic heterocycles. The van der Waals surface area contributed by atoms with Crippen molar-refractivity contribution in [3.05, 3.63) is 54.1 Å². The predicted octanol–water partition coefficient (Wildman–Crippen LogP) is 9.36. The van der Waals surface area contributed by atoms with Crippen LogP contribution < -0.4 is 0 Å². The van der Waals surface area contributed by atoms with Crippen molar-refractivity contribution in [2.45, 2.75) is 92.9 Å². The predicted molar refractivity (Wildman–Crippen MR) is 154 cm³/mol. The summed E-state index contributed by atoms with van der Waals surface area (Å²) in [6.07, 6.45) is 15.6. The van der Waals surface area contributed by atoms with Gasteiger partial charge in [-0.15, -0.1) is 6.58 Å². The SMILES string of the molecule is C=C[C@H](C)C1CCC[C@]2(C)[C@@H]1CCC1[C@@]3(C)CC=C(c4ccc(C(=O)OC)cc4)C(C)(C)C3CC[C@]12C. The smallest absolute Gasteiger partial charge is 0.337 e. The first-order chi connectivity index (χ1) is 17.4. The van der Waals surface area contributed by atoms with E-state index in [1.807, 2.05) is 12.1 Å². The van der Waals surface area contributed by atoms with Gasteiger partial charge in [0.15, 0.2) is 0 Å². The highest BCUT2D eigenvalue weighted by Crippen LogP contribution is 2.75. The van der Waals surface area contributed by atoms with E-state index < -0.39 is 0 Å². The van der Waals surface area contributed by atoms with Crippen molar-refractivity contribution in [1.29, 1.82) is 0 Å². The molecule has 1 aromatic carbocycles. The minimum Gasteiger partial charge on any atom is -0.465 e. The van der Waals surface area contributed by atoms with Crippen LogP contribution >= 0.6 is 0 Å². The number of fused-ring (bicyclic) bond motifs is 5. The molecule has 0 radical (unpaired) electrons. The number of ether oxygens (including phenoxy) is 1. The first-order valence-electron chi connectivity index (χ1n) is 15.0. The summed E-state index contributed by atoms with van der Waals surface area (Å²) in [6, 6.07) is 8.11. The van der Waals surface area contributed by atoms with E-state index >= 15 is 0 Å². The Balaban J connectivity index is 1.49. The van der Waals surface area contributed by atoms with Gasteiger partial charge in [-0.1, -0.05) is 72.2 Å². The molecule has 1 aromatic rings. The average Bonchev–Trinajstić information content (AvgIpc) is 2.87. The Morgan fingerprint density at radius 1 is 0.973 bits per heavy atom. The van der Waals surface area contributed by atoms with Crippen LogP contribution in [0.25, 0.3) is 5.57 Å². The highest BCUT2D eigenvalue weighted by Gasteiger charge is 2.67. The molecule has 2 heteroatoms. The summed E-state index contributed by atoms with van der Waals surface area (Å²) in [5.41, 5.74) is 4.62. The van der Waals surface area contributed by atoms with Crippen molar-refractivity contribution in [3.8, 4) is 0 Å². The molecule has 2 nitrogen and oxygen atoms in total. The second kappa shape index (κ2) is 9.13. The van der Waals surface area contributed by atoms with Gasteiger partial charge >= 0.3 is 5.97 Å². The zero-order chi connectivity index (χ0) is 26.8. The largest absolute Gasteiger partial charge is 0.465 e. The van der Waals surface area contributed by atoms with Gasteiger partial charge in [-0.3, -0.25) is 0 Å². The highest BCUT2D eigenvalue weighted by molar-refractivity contribution is 5.89. The quantitative estimate of drug-likeness (QED) is 0.303. The third-order valence-electron chi connectivity index (χ3n) is 12.9. The van der Waals surface area contributed by atoms with Crippen LogP contribution in [0.3, 0.4) is 0 Å². The average molecular weight is 503 g/mol. The number of rotatable bonds is 4. The monoisotopic (exact) mass is 502 g/mol. The minimum absolute atomic E-state index is 0.102. The topological polar surface area (TPSA) is 26.3 Å². The molecule has 5 rings (SSSR count). The zero-order valence-corrected chi connectivity index (χ0v) is 24.5. The van der Waals surface area contributed by atoms with E-state index in [0.29, 0.717) is 33.6 Å². The van der Waals surface area contributed by atoms with Crippen LogP contribution in [0.4, 0.5) is 0 Å². The lowest BCUT2D eigenvalue weighted by Gasteiger charge is -2.71. The lowest BCUT2D eigenvalue weighted by molar-refractivity contribution is -0.211. The highest BCUT2D eigenvalue weighted by atomic mass is 16.5. The summed E-state index contributed by atoms with van der Waals surface area (Å²) in [5, 5.41) is 0. The molecular weight excluding hydrogens is 452 g/mol. The lowest BCUT2D eigenvalue weighted by Crippen LogP contribution is -2.64. The Morgan fingerprint density at radius 3 is 2.32 bits per heavy atom.